The first-order valence-corrected chi connectivity index (χ1v) is 8.09. The highest BCUT2D eigenvalue weighted by atomic mass is 16.8. The Balaban J connectivity index is 2.27. The Hall–Kier alpha value is -0.200. The number of aliphatic hydroxyl groups is 1. The van der Waals surface area contributed by atoms with Crippen LogP contribution in [-0.4, -0.2) is 48.2 Å². The van der Waals surface area contributed by atoms with E-state index < -0.39 is 17.0 Å². The fourth-order valence-corrected chi connectivity index (χ4v) is 3.20. The summed E-state index contributed by atoms with van der Waals surface area (Å²) in [4.78, 5) is 0. The highest BCUT2D eigenvalue weighted by molar-refractivity contribution is 5.01. The first kappa shape index (κ1) is 18.1. The van der Waals surface area contributed by atoms with Crippen molar-refractivity contribution < 1.29 is 24.1 Å². The van der Waals surface area contributed by atoms with Crippen molar-refractivity contribution in [2.24, 2.45) is 10.8 Å². The molecule has 0 radical (unpaired) electrons. The van der Waals surface area contributed by atoms with E-state index in [4.69, 9.17) is 18.9 Å². The second kappa shape index (κ2) is 5.42. The molecule has 0 aromatic rings. The molecular weight excluding hydrogens is 284 g/mol. The SMILES string of the molecule is CC1(C)OCC(C(C)(C)C2OC(C)(C)OC2C(C)(C)CO)O1. The van der Waals surface area contributed by atoms with Gasteiger partial charge in [-0.15, -0.1) is 0 Å². The Morgan fingerprint density at radius 3 is 1.91 bits per heavy atom. The summed E-state index contributed by atoms with van der Waals surface area (Å²) in [5, 5.41) is 9.77. The van der Waals surface area contributed by atoms with E-state index in [1.807, 2.05) is 41.5 Å². The first-order chi connectivity index (χ1) is 9.81. The van der Waals surface area contributed by atoms with Crippen LogP contribution in [0, 0.1) is 10.8 Å². The zero-order valence-corrected chi connectivity index (χ0v) is 15.2. The molecule has 5 heteroatoms. The van der Waals surface area contributed by atoms with Gasteiger partial charge in [-0.3, -0.25) is 0 Å². The third-order valence-corrected chi connectivity index (χ3v) is 4.85. The van der Waals surface area contributed by atoms with Crippen molar-refractivity contribution in [1.29, 1.82) is 0 Å². The maximum absolute atomic E-state index is 9.77. The number of aliphatic hydroxyl groups excluding tert-OH is 1. The Morgan fingerprint density at radius 2 is 1.45 bits per heavy atom. The molecule has 3 atom stereocenters. The maximum atomic E-state index is 9.77. The van der Waals surface area contributed by atoms with Crippen LogP contribution in [0.2, 0.25) is 0 Å². The standard InChI is InChI=1S/C17H32O5/c1-14(2,10-18)12-13(22-17(7,8)21-12)15(3,4)11-9-19-16(5,6)20-11/h11-13,18H,9-10H2,1-8H3. The van der Waals surface area contributed by atoms with Gasteiger partial charge < -0.3 is 24.1 Å². The third kappa shape index (κ3) is 3.34. The van der Waals surface area contributed by atoms with Crippen molar-refractivity contribution in [3.63, 3.8) is 0 Å². The van der Waals surface area contributed by atoms with Gasteiger partial charge in [-0.05, 0) is 27.7 Å². The van der Waals surface area contributed by atoms with Gasteiger partial charge in [0.25, 0.3) is 0 Å². The van der Waals surface area contributed by atoms with Gasteiger partial charge in [-0.25, -0.2) is 0 Å². The Labute approximate surface area is 134 Å². The van der Waals surface area contributed by atoms with E-state index in [2.05, 4.69) is 13.8 Å². The van der Waals surface area contributed by atoms with E-state index in [0.717, 1.165) is 0 Å². The molecule has 5 nitrogen and oxygen atoms in total. The summed E-state index contributed by atoms with van der Waals surface area (Å²) in [5.74, 6) is -1.24. The summed E-state index contributed by atoms with van der Waals surface area (Å²) in [6.07, 6.45) is -0.482. The second-order valence-corrected chi connectivity index (χ2v) is 8.76. The molecule has 0 aromatic carbocycles. The number of ether oxygens (including phenoxy) is 4. The zero-order chi connectivity index (χ0) is 17.0. The van der Waals surface area contributed by atoms with E-state index in [-0.39, 0.29) is 30.3 Å². The molecule has 0 spiro atoms. The fourth-order valence-electron chi connectivity index (χ4n) is 3.20. The lowest BCUT2D eigenvalue weighted by atomic mass is 9.72. The summed E-state index contributed by atoms with van der Waals surface area (Å²) >= 11 is 0. The van der Waals surface area contributed by atoms with Crippen molar-refractivity contribution in [1.82, 2.24) is 0 Å². The molecule has 0 aliphatic carbocycles. The first-order valence-electron chi connectivity index (χ1n) is 8.09. The van der Waals surface area contributed by atoms with Gasteiger partial charge in [-0.2, -0.15) is 0 Å². The predicted octanol–water partition coefficient (Wildman–Crippen LogP) is 2.70. The minimum Gasteiger partial charge on any atom is -0.396 e. The summed E-state index contributed by atoms with van der Waals surface area (Å²) in [6, 6.07) is 0. The van der Waals surface area contributed by atoms with Crippen LogP contribution in [0.25, 0.3) is 0 Å². The molecule has 2 saturated heterocycles. The molecular formula is C17H32O5. The molecule has 2 aliphatic heterocycles. The third-order valence-electron chi connectivity index (χ3n) is 4.85. The van der Waals surface area contributed by atoms with Crippen LogP contribution in [0.15, 0.2) is 0 Å². The molecule has 0 aromatic heterocycles. The van der Waals surface area contributed by atoms with Crippen LogP contribution in [-0.2, 0) is 18.9 Å². The van der Waals surface area contributed by atoms with Crippen molar-refractivity contribution in [2.75, 3.05) is 13.2 Å². The number of hydrogen-bond acceptors (Lipinski definition) is 5. The number of rotatable bonds is 4. The van der Waals surface area contributed by atoms with Gasteiger partial charge in [0.2, 0.25) is 0 Å². The Bertz CT molecular complexity index is 413. The lowest BCUT2D eigenvalue weighted by Crippen LogP contribution is -2.52. The maximum Gasteiger partial charge on any atom is 0.163 e. The monoisotopic (exact) mass is 316 g/mol. The minimum atomic E-state index is -0.673. The molecule has 130 valence electrons. The quantitative estimate of drug-likeness (QED) is 0.864. The lowest BCUT2D eigenvalue weighted by molar-refractivity contribution is -0.181. The second-order valence-electron chi connectivity index (χ2n) is 8.76. The van der Waals surface area contributed by atoms with E-state index in [1.165, 1.54) is 0 Å². The van der Waals surface area contributed by atoms with E-state index in [1.54, 1.807) is 0 Å². The van der Waals surface area contributed by atoms with Gasteiger partial charge in [-0.1, -0.05) is 27.7 Å². The molecule has 0 bridgehead atoms. The molecule has 22 heavy (non-hydrogen) atoms. The van der Waals surface area contributed by atoms with Gasteiger partial charge >= 0.3 is 0 Å². The minimum absolute atomic E-state index is 0.0389. The van der Waals surface area contributed by atoms with Crippen LogP contribution >= 0.6 is 0 Å². The van der Waals surface area contributed by atoms with Gasteiger partial charge in [0, 0.05) is 10.8 Å². The average molecular weight is 316 g/mol. The van der Waals surface area contributed by atoms with E-state index in [0.29, 0.717) is 6.61 Å². The van der Waals surface area contributed by atoms with Crippen LogP contribution in [0.3, 0.4) is 0 Å². The van der Waals surface area contributed by atoms with Crippen LogP contribution < -0.4 is 0 Å². The summed E-state index contributed by atoms with van der Waals surface area (Å²) in [6.45, 7) is 16.5. The normalized spacial score (nSPS) is 35.0. The van der Waals surface area contributed by atoms with Crippen molar-refractivity contribution in [2.45, 2.75) is 85.3 Å². The number of hydrogen-bond donors (Lipinski definition) is 1. The summed E-state index contributed by atoms with van der Waals surface area (Å²) in [7, 11) is 0. The van der Waals surface area contributed by atoms with Crippen molar-refractivity contribution in [3.8, 4) is 0 Å². The van der Waals surface area contributed by atoms with Crippen LogP contribution in [0.4, 0.5) is 0 Å². The fraction of sp³-hybridized carbons (Fsp3) is 1.00. The Kier molecular flexibility index (Phi) is 4.47. The molecule has 2 heterocycles. The molecule has 2 fully saturated rings. The molecule has 0 saturated carbocycles. The van der Waals surface area contributed by atoms with Gasteiger partial charge in [0.05, 0.1) is 31.5 Å². The van der Waals surface area contributed by atoms with Gasteiger partial charge in [0.15, 0.2) is 11.6 Å². The van der Waals surface area contributed by atoms with Crippen molar-refractivity contribution in [3.05, 3.63) is 0 Å². The van der Waals surface area contributed by atoms with Crippen molar-refractivity contribution >= 4 is 0 Å². The summed E-state index contributed by atoms with van der Waals surface area (Å²) in [5.41, 5.74) is -0.705. The van der Waals surface area contributed by atoms with Crippen LogP contribution in [0.5, 0.6) is 0 Å². The topological polar surface area (TPSA) is 57.2 Å². The molecule has 3 unspecified atom stereocenters. The average Bonchev–Trinajstić information content (AvgIpc) is 2.90. The van der Waals surface area contributed by atoms with E-state index >= 15 is 0 Å². The highest BCUT2D eigenvalue weighted by Gasteiger charge is 2.57. The lowest BCUT2D eigenvalue weighted by Gasteiger charge is -2.41. The Morgan fingerprint density at radius 1 is 0.909 bits per heavy atom. The molecule has 0 amide bonds. The highest BCUT2D eigenvalue weighted by Crippen LogP contribution is 2.48. The zero-order valence-electron chi connectivity index (χ0n) is 15.2. The largest absolute Gasteiger partial charge is 0.396 e. The van der Waals surface area contributed by atoms with Crippen LogP contribution in [0.1, 0.15) is 55.4 Å². The smallest absolute Gasteiger partial charge is 0.163 e. The summed E-state index contributed by atoms with van der Waals surface area (Å²) < 4.78 is 24.2. The van der Waals surface area contributed by atoms with Gasteiger partial charge in [0.1, 0.15) is 0 Å². The molecule has 2 aliphatic rings. The molecule has 1 N–H and O–H groups in total. The predicted molar refractivity (Wildman–Crippen MR) is 83.4 cm³/mol. The molecule has 2 rings (SSSR count). The van der Waals surface area contributed by atoms with E-state index in [9.17, 15) is 5.11 Å².